The molecule has 4 rings (SSSR count). The second-order valence-corrected chi connectivity index (χ2v) is 11.2. The van der Waals surface area contributed by atoms with Crippen molar-refractivity contribution in [3.05, 3.63) is 76.9 Å². The molecule has 30 heavy (non-hydrogen) atoms. The van der Waals surface area contributed by atoms with E-state index < -0.39 is 16.1 Å². The molecule has 1 N–H and O–H groups in total. The first kappa shape index (κ1) is 22.2. The number of benzene rings is 4. The Kier molecular flexibility index (Phi) is 6.27. The molecule has 5 nitrogen and oxygen atoms in total. The van der Waals surface area contributed by atoms with Crippen LogP contribution in [0.4, 0.5) is 0 Å². The van der Waals surface area contributed by atoms with E-state index in [-0.39, 0.29) is 21.4 Å². The topological polar surface area (TPSA) is 80.7 Å². The van der Waals surface area contributed by atoms with E-state index in [0.717, 1.165) is 10.7 Å². The normalized spacial score (nSPS) is 11.7. The van der Waals surface area contributed by atoms with E-state index in [0.29, 0.717) is 16.3 Å². The number of carbonyl (C=O) groups is 1. The van der Waals surface area contributed by atoms with Crippen LogP contribution in [-0.2, 0) is 10.1 Å². The molecule has 0 aliphatic heterocycles. The third-order valence-electron chi connectivity index (χ3n) is 4.50. The largest absolute Gasteiger partial charge is 0.422 e. The highest BCUT2D eigenvalue weighted by Crippen LogP contribution is 2.40. The van der Waals surface area contributed by atoms with Crippen LogP contribution in [0.25, 0.3) is 21.5 Å². The average molecular weight is 756 g/mol. The lowest BCUT2D eigenvalue weighted by Gasteiger charge is -2.15. The lowest BCUT2D eigenvalue weighted by Crippen LogP contribution is -2.13. The van der Waals surface area contributed by atoms with Gasteiger partial charge in [0.15, 0.2) is 0 Å². The summed E-state index contributed by atoms with van der Waals surface area (Å²) in [5.74, 6) is -0.283. The zero-order valence-corrected chi connectivity index (χ0v) is 22.2. The molecule has 0 amide bonds. The summed E-state index contributed by atoms with van der Waals surface area (Å²) in [7, 11) is -4.52. The molecule has 0 atom stereocenters. The number of halogens is 3. The van der Waals surface area contributed by atoms with Crippen LogP contribution in [0.3, 0.4) is 0 Å². The smallest absolute Gasteiger partial charge is 0.344 e. The minimum atomic E-state index is -4.52. The van der Waals surface area contributed by atoms with Crippen molar-refractivity contribution >= 4 is 105 Å². The molecule has 0 bridgehead atoms. The van der Waals surface area contributed by atoms with E-state index >= 15 is 0 Å². The lowest BCUT2D eigenvalue weighted by molar-refractivity contribution is 0.0738. The average Bonchev–Trinajstić information content (AvgIpc) is 2.69. The van der Waals surface area contributed by atoms with E-state index in [9.17, 15) is 17.8 Å². The van der Waals surface area contributed by atoms with E-state index in [1.807, 2.05) is 6.07 Å². The summed E-state index contributed by atoms with van der Waals surface area (Å²) in [4.78, 5) is 12.9. The van der Waals surface area contributed by atoms with Crippen LogP contribution in [0.1, 0.15) is 10.4 Å². The van der Waals surface area contributed by atoms with Crippen molar-refractivity contribution in [2.45, 2.75) is 4.90 Å². The van der Waals surface area contributed by atoms with E-state index in [1.165, 1.54) is 0 Å². The molecule has 0 unspecified atom stereocenters. The summed E-state index contributed by atoms with van der Waals surface area (Å²) in [6, 6.07) is 17.0. The zero-order valence-electron chi connectivity index (χ0n) is 14.9. The number of fused-ring (bicyclic) bond motifs is 2. The van der Waals surface area contributed by atoms with E-state index in [4.69, 9.17) is 4.74 Å². The predicted molar refractivity (Wildman–Crippen MR) is 141 cm³/mol. The van der Waals surface area contributed by atoms with Crippen molar-refractivity contribution in [2.24, 2.45) is 0 Å². The Hall–Kier alpha value is -1.03. The van der Waals surface area contributed by atoms with Crippen molar-refractivity contribution in [2.75, 3.05) is 0 Å². The van der Waals surface area contributed by atoms with Gasteiger partial charge in [-0.25, -0.2) is 4.79 Å². The Morgan fingerprint density at radius 1 is 0.833 bits per heavy atom. The van der Waals surface area contributed by atoms with Gasteiger partial charge in [0, 0.05) is 32.3 Å². The van der Waals surface area contributed by atoms with Crippen LogP contribution in [0, 0.1) is 10.7 Å². The maximum absolute atomic E-state index is 13.1. The third-order valence-corrected chi connectivity index (χ3v) is 9.12. The first-order valence-corrected chi connectivity index (χ1v) is 13.1. The summed E-state index contributed by atoms with van der Waals surface area (Å²) >= 11 is 6.42. The molecular weight excluding hydrogens is 745 g/mol. The third kappa shape index (κ3) is 4.06. The van der Waals surface area contributed by atoms with Gasteiger partial charge in [0.2, 0.25) is 0 Å². The molecule has 0 radical (unpaired) electrons. The molecule has 9 heteroatoms. The first-order chi connectivity index (χ1) is 14.2. The number of rotatable bonds is 3. The van der Waals surface area contributed by atoms with Crippen LogP contribution >= 0.6 is 67.8 Å². The Morgan fingerprint density at radius 2 is 1.33 bits per heavy atom. The van der Waals surface area contributed by atoms with Gasteiger partial charge in [-0.1, -0.05) is 48.5 Å². The zero-order chi connectivity index (χ0) is 21.6. The van der Waals surface area contributed by atoms with Gasteiger partial charge in [0.25, 0.3) is 10.1 Å². The molecule has 4 aromatic rings. The summed E-state index contributed by atoms with van der Waals surface area (Å²) in [5.41, 5.74) is 0.430. The highest BCUT2D eigenvalue weighted by Gasteiger charge is 2.24. The lowest BCUT2D eigenvalue weighted by atomic mass is 10.0. The monoisotopic (exact) mass is 756 g/mol. The number of ether oxygens (including phenoxy) is 1. The summed E-state index contributed by atoms with van der Waals surface area (Å²) in [6.45, 7) is 0. The molecule has 0 saturated heterocycles. The van der Waals surface area contributed by atoms with Crippen LogP contribution in [0.15, 0.2) is 65.6 Å². The number of carbonyl (C=O) groups excluding carboxylic acids is 1. The van der Waals surface area contributed by atoms with E-state index in [1.54, 1.807) is 54.6 Å². The Bertz CT molecular complexity index is 1390. The van der Waals surface area contributed by atoms with Gasteiger partial charge in [-0.15, -0.1) is 0 Å². The predicted octanol–water partition coefficient (Wildman–Crippen LogP) is 6.27. The Morgan fingerprint density at radius 3 is 1.83 bits per heavy atom. The van der Waals surface area contributed by atoms with Crippen LogP contribution in [-0.4, -0.2) is 18.9 Å². The quantitative estimate of drug-likeness (QED) is 0.0667. The fraction of sp³-hybridized carbons (Fsp3) is 0. The highest BCUT2D eigenvalue weighted by atomic mass is 127. The van der Waals surface area contributed by atoms with Crippen LogP contribution < -0.4 is 4.74 Å². The van der Waals surface area contributed by atoms with Gasteiger partial charge in [-0.2, -0.15) is 8.42 Å². The van der Waals surface area contributed by atoms with Gasteiger partial charge in [-0.05, 0) is 79.9 Å². The second kappa shape index (κ2) is 8.48. The van der Waals surface area contributed by atoms with Crippen molar-refractivity contribution < 1.29 is 22.5 Å². The maximum atomic E-state index is 13.1. The molecule has 0 fully saturated rings. The van der Waals surface area contributed by atoms with Gasteiger partial charge in [0.05, 0.1) is 5.56 Å². The molecule has 0 saturated carbocycles. The van der Waals surface area contributed by atoms with Gasteiger partial charge in [0.1, 0.15) is 10.6 Å². The molecule has 4 aromatic carbocycles. The summed E-state index contributed by atoms with van der Waals surface area (Å²) < 4.78 is 42.7. The number of hydrogen-bond acceptors (Lipinski definition) is 4. The minimum absolute atomic E-state index is 0.202. The van der Waals surface area contributed by atoms with Gasteiger partial charge in [-0.3, -0.25) is 4.55 Å². The molecule has 0 heterocycles. The van der Waals surface area contributed by atoms with Crippen molar-refractivity contribution in [3.8, 4) is 5.75 Å². The Labute approximate surface area is 213 Å². The number of esters is 1. The fourth-order valence-corrected chi connectivity index (χ4v) is 6.58. The van der Waals surface area contributed by atoms with Crippen molar-refractivity contribution in [1.29, 1.82) is 0 Å². The molecular formula is C21H11I3O5S. The standard InChI is InChI=1S/C21H11I3O5S/c22-11-9-16(18(24)17(23)10-11)21(25)29-19-12-5-1-3-7-14(12)20(30(26,27)28)15-8-4-2-6-13(15)19/h1-10H,(H,26,27,28). The second-order valence-electron chi connectivity index (χ2n) is 6.36. The van der Waals surface area contributed by atoms with Crippen LogP contribution in [0.5, 0.6) is 5.75 Å². The maximum Gasteiger partial charge on any atom is 0.344 e. The van der Waals surface area contributed by atoms with Crippen molar-refractivity contribution in [1.82, 2.24) is 0 Å². The molecule has 0 aliphatic rings. The van der Waals surface area contributed by atoms with Crippen LogP contribution in [0.2, 0.25) is 0 Å². The summed E-state index contributed by atoms with van der Waals surface area (Å²) in [5, 5.41) is 1.42. The Balaban J connectivity index is 2.02. The molecule has 0 aromatic heterocycles. The molecule has 0 aliphatic carbocycles. The van der Waals surface area contributed by atoms with Crippen molar-refractivity contribution in [3.63, 3.8) is 0 Å². The SMILES string of the molecule is O=C(Oc1c2ccccc2c(S(=O)(=O)O)c2ccccc12)c1cc(I)cc(I)c1I. The molecule has 0 spiro atoms. The van der Waals surface area contributed by atoms with Gasteiger partial charge >= 0.3 is 5.97 Å². The summed E-state index contributed by atoms with van der Waals surface area (Å²) in [6.07, 6.45) is 0. The number of hydrogen-bond donors (Lipinski definition) is 1. The van der Waals surface area contributed by atoms with Gasteiger partial charge < -0.3 is 4.74 Å². The fourth-order valence-electron chi connectivity index (χ4n) is 3.29. The highest BCUT2D eigenvalue weighted by molar-refractivity contribution is 14.1. The first-order valence-electron chi connectivity index (χ1n) is 8.46. The molecule has 152 valence electrons. The minimum Gasteiger partial charge on any atom is -0.422 e. The van der Waals surface area contributed by atoms with E-state index in [2.05, 4.69) is 67.8 Å².